The minimum absolute atomic E-state index is 0.1000. The van der Waals surface area contributed by atoms with Crippen LogP contribution >= 0.6 is 7.06 Å². The molecule has 2 aliphatic heterocycles. The van der Waals surface area contributed by atoms with Crippen LogP contribution in [0.4, 0.5) is 61.5 Å². The van der Waals surface area contributed by atoms with Crippen LogP contribution < -0.4 is 10.6 Å². The Morgan fingerprint density at radius 3 is 1.18 bits per heavy atom. The van der Waals surface area contributed by atoms with E-state index in [1.807, 2.05) is 0 Å². The van der Waals surface area contributed by atoms with E-state index in [4.69, 9.17) is 9.05 Å². The van der Waals surface area contributed by atoms with Gasteiger partial charge in [-0.15, -0.1) is 0 Å². The zero-order valence-corrected chi connectivity index (χ0v) is 21.1. The molecule has 224 valence electrons. The summed E-state index contributed by atoms with van der Waals surface area (Å²) in [5.41, 5.74) is -15.1. The summed E-state index contributed by atoms with van der Waals surface area (Å²) in [5.74, 6) is -6.93. The Morgan fingerprint density at radius 1 is 0.525 bits per heavy atom. The van der Waals surface area contributed by atoms with E-state index in [1.54, 1.807) is 0 Å². The molecule has 0 aliphatic carbocycles. The molecular weight excluding hydrogens is 605 g/mol. The number of halogens is 14. The van der Waals surface area contributed by atoms with Crippen molar-refractivity contribution in [3.8, 4) is 0 Å². The maximum atomic E-state index is 15.2. The number of benzene rings is 2. The van der Waals surface area contributed by atoms with Crippen LogP contribution in [0.2, 0.25) is 0 Å². The van der Waals surface area contributed by atoms with Gasteiger partial charge in [0.15, 0.2) is 0 Å². The molecule has 2 aliphatic rings. The van der Waals surface area contributed by atoms with Crippen LogP contribution in [0.25, 0.3) is 0 Å². The third kappa shape index (κ3) is 3.07. The van der Waals surface area contributed by atoms with E-state index in [0.29, 0.717) is 24.3 Å². The minimum atomic E-state index is -7.05. The number of hydrogen-bond acceptors (Lipinski definition) is 2. The molecule has 4 rings (SSSR count). The van der Waals surface area contributed by atoms with Crippen LogP contribution in [-0.2, 0) is 20.2 Å². The Kier molecular flexibility index (Phi) is 6.00. The molecule has 0 aromatic heterocycles. The molecule has 2 aromatic rings. The summed E-state index contributed by atoms with van der Waals surface area (Å²) < 4.78 is 213. The Hall–Kier alpha value is -2.19. The molecule has 17 heteroatoms. The van der Waals surface area contributed by atoms with Gasteiger partial charge >= 0.3 is 216 Å². The van der Waals surface area contributed by atoms with Gasteiger partial charge in [0.05, 0.1) is 0 Å². The second kappa shape index (κ2) is 7.80. The molecule has 2 nitrogen and oxygen atoms in total. The first-order chi connectivity index (χ1) is 17.7. The van der Waals surface area contributed by atoms with Gasteiger partial charge in [-0.2, -0.15) is 0 Å². The molecule has 2 heterocycles. The van der Waals surface area contributed by atoms with Gasteiger partial charge in [0.2, 0.25) is 0 Å². The number of fused-ring (bicyclic) bond motifs is 4. The fourth-order valence-corrected chi connectivity index (χ4v) is 12.0. The van der Waals surface area contributed by atoms with Crippen molar-refractivity contribution >= 4 is 17.7 Å². The zero-order chi connectivity index (χ0) is 30.8. The molecular formula is C23H17F14O2P. The fraction of sp³-hybridized carbons (Fsp3) is 0.478. The predicted molar refractivity (Wildman–Crippen MR) is 114 cm³/mol. The van der Waals surface area contributed by atoms with Gasteiger partial charge in [-0.3, -0.25) is 0 Å². The Bertz CT molecular complexity index is 1340. The summed E-state index contributed by atoms with van der Waals surface area (Å²) in [4.78, 5) is 0. The third-order valence-corrected chi connectivity index (χ3v) is 13.5. The van der Waals surface area contributed by atoms with Crippen molar-refractivity contribution in [1.82, 2.24) is 0 Å². The van der Waals surface area contributed by atoms with Crippen LogP contribution in [0.3, 0.4) is 0 Å². The first kappa shape index (κ1) is 30.8. The zero-order valence-electron chi connectivity index (χ0n) is 20.2. The molecule has 1 atom stereocenters. The normalized spacial score (nSPS) is 25.3. The van der Waals surface area contributed by atoms with Crippen molar-refractivity contribution < 1.29 is 70.5 Å². The topological polar surface area (TPSA) is 18.5 Å². The predicted octanol–water partition coefficient (Wildman–Crippen LogP) is 8.15. The van der Waals surface area contributed by atoms with E-state index in [1.165, 1.54) is 0 Å². The third-order valence-electron chi connectivity index (χ3n) is 7.28. The van der Waals surface area contributed by atoms with E-state index in [-0.39, 0.29) is 12.1 Å². The molecule has 0 unspecified atom stereocenters. The molecule has 1 spiro atoms. The molecule has 2 aromatic carbocycles. The summed E-state index contributed by atoms with van der Waals surface area (Å²) >= 11 is 0. The summed E-state index contributed by atoms with van der Waals surface area (Å²) in [5, 5.41) is -5.30. The van der Waals surface area contributed by atoms with E-state index in [2.05, 4.69) is 0 Å². The standard InChI is InChI=1S/C23H17F14O2P/c1-16(2,3)40(15-11-7-5-9-13(15)18(39-40,21(29,30)31)22(32,33)34)14-10-6-4-8-12(14)17(38-40,20(26,27)28)19(24,25)23(35,36)37/h4-11H,1-3H3/t17-/m1/s1. The number of rotatable bonds is 1. The SMILES string of the molecule is CC(C)(C)P12(OC(C(F)(F)F)(C(F)(F)F)c3ccccc31)O[C@@](C(F)(F)F)(C(F)(F)C(F)(F)F)c1ccccc12. The van der Waals surface area contributed by atoms with Crippen LogP contribution in [0.5, 0.6) is 0 Å². The Morgan fingerprint density at radius 2 is 0.850 bits per heavy atom. The van der Waals surface area contributed by atoms with Gasteiger partial charge in [0.1, 0.15) is 0 Å². The molecule has 0 fully saturated rings. The van der Waals surface area contributed by atoms with Crippen molar-refractivity contribution in [2.24, 2.45) is 0 Å². The number of alkyl halides is 14. The van der Waals surface area contributed by atoms with Crippen molar-refractivity contribution in [2.75, 3.05) is 0 Å². The van der Waals surface area contributed by atoms with Crippen molar-refractivity contribution in [2.45, 2.75) is 67.8 Å². The van der Waals surface area contributed by atoms with Gasteiger partial charge in [0.25, 0.3) is 0 Å². The van der Waals surface area contributed by atoms with Crippen LogP contribution in [0.15, 0.2) is 48.5 Å². The molecule has 0 saturated carbocycles. The van der Waals surface area contributed by atoms with E-state index in [0.717, 1.165) is 32.9 Å². The molecule has 0 N–H and O–H groups in total. The number of hydrogen-bond donors (Lipinski definition) is 0. The molecule has 0 saturated heterocycles. The summed E-state index contributed by atoms with van der Waals surface area (Å²) in [7, 11) is -7.03. The average Bonchev–Trinajstić information content (AvgIpc) is 3.23. The Balaban J connectivity index is 2.38. The summed E-state index contributed by atoms with van der Waals surface area (Å²) in [6.07, 6.45) is -26.8. The fourth-order valence-electron chi connectivity index (χ4n) is 5.59. The van der Waals surface area contributed by atoms with E-state index in [9.17, 15) is 52.7 Å². The second-order valence-corrected chi connectivity index (χ2v) is 14.9. The molecule has 0 amide bonds. The van der Waals surface area contributed by atoms with E-state index < -0.39 is 75.8 Å². The van der Waals surface area contributed by atoms with Crippen molar-refractivity contribution in [3.05, 3.63) is 59.7 Å². The van der Waals surface area contributed by atoms with Crippen LogP contribution in [0.1, 0.15) is 31.9 Å². The molecule has 40 heavy (non-hydrogen) atoms. The Labute approximate surface area is 216 Å². The summed E-state index contributed by atoms with van der Waals surface area (Å²) in [6, 6.07) is 3.97. The van der Waals surface area contributed by atoms with Crippen LogP contribution in [-0.4, -0.2) is 35.8 Å². The second-order valence-electron chi connectivity index (χ2n) is 10.3. The monoisotopic (exact) mass is 622 g/mol. The van der Waals surface area contributed by atoms with Crippen LogP contribution in [0, 0.1) is 0 Å². The van der Waals surface area contributed by atoms with E-state index >= 15 is 8.78 Å². The molecule has 0 bridgehead atoms. The first-order valence-corrected chi connectivity index (χ1v) is 13.1. The average molecular weight is 622 g/mol. The van der Waals surface area contributed by atoms with Crippen molar-refractivity contribution in [1.29, 1.82) is 0 Å². The van der Waals surface area contributed by atoms with Gasteiger partial charge in [-0.25, -0.2) is 0 Å². The van der Waals surface area contributed by atoms with Crippen molar-refractivity contribution in [3.63, 3.8) is 0 Å². The van der Waals surface area contributed by atoms with Gasteiger partial charge < -0.3 is 0 Å². The first-order valence-electron chi connectivity index (χ1n) is 11.0. The summed E-state index contributed by atoms with van der Waals surface area (Å²) in [6.45, 7) is 2.25. The molecule has 0 radical (unpaired) electrons. The quantitative estimate of drug-likeness (QED) is 0.236. The maximum absolute atomic E-state index is 15.2. The van der Waals surface area contributed by atoms with Gasteiger partial charge in [0, 0.05) is 0 Å². The van der Waals surface area contributed by atoms with Gasteiger partial charge in [-0.05, 0) is 0 Å². The van der Waals surface area contributed by atoms with Gasteiger partial charge in [-0.1, -0.05) is 0 Å².